The van der Waals surface area contributed by atoms with Gasteiger partial charge < -0.3 is 5.73 Å². The molecule has 0 fully saturated rings. The largest absolute Gasteiger partial charge is 0.321 e. The molecule has 0 saturated heterocycles. The van der Waals surface area contributed by atoms with Crippen LogP contribution < -0.4 is 5.73 Å². The number of fused-ring (bicyclic) bond motifs is 1. The molecule has 0 amide bonds. The van der Waals surface area contributed by atoms with Crippen LogP contribution in [0.25, 0.3) is 0 Å². The second kappa shape index (κ2) is 5.23. The zero-order chi connectivity index (χ0) is 14.2. The molecular formula is C18H20ClN. The van der Waals surface area contributed by atoms with Crippen molar-refractivity contribution in [2.75, 3.05) is 0 Å². The van der Waals surface area contributed by atoms with E-state index in [2.05, 4.69) is 37.3 Å². The van der Waals surface area contributed by atoms with E-state index >= 15 is 0 Å². The second-order valence-electron chi connectivity index (χ2n) is 5.99. The van der Waals surface area contributed by atoms with Crippen LogP contribution in [0.4, 0.5) is 0 Å². The molecule has 3 rings (SSSR count). The Bertz CT molecular complexity index is 622. The third kappa shape index (κ3) is 2.48. The molecule has 2 aromatic rings. The molecule has 104 valence electrons. The molecule has 0 spiro atoms. The van der Waals surface area contributed by atoms with E-state index in [0.29, 0.717) is 5.92 Å². The Morgan fingerprint density at radius 1 is 1.20 bits per heavy atom. The van der Waals surface area contributed by atoms with E-state index in [9.17, 15) is 0 Å². The summed E-state index contributed by atoms with van der Waals surface area (Å²) >= 11 is 6.09. The summed E-state index contributed by atoms with van der Waals surface area (Å²) in [4.78, 5) is 0. The molecule has 0 aliphatic heterocycles. The Balaban J connectivity index is 1.98. The Morgan fingerprint density at radius 2 is 2.00 bits per heavy atom. The van der Waals surface area contributed by atoms with E-state index in [1.54, 1.807) is 0 Å². The summed E-state index contributed by atoms with van der Waals surface area (Å²) in [6.07, 6.45) is 3.02. The molecular weight excluding hydrogens is 266 g/mol. The fraction of sp³-hybridized carbons (Fsp3) is 0.333. The summed E-state index contributed by atoms with van der Waals surface area (Å²) in [7, 11) is 0. The first-order valence-electron chi connectivity index (χ1n) is 7.21. The lowest BCUT2D eigenvalue weighted by Gasteiger charge is -2.38. The van der Waals surface area contributed by atoms with Crippen molar-refractivity contribution >= 4 is 11.6 Å². The zero-order valence-corrected chi connectivity index (χ0v) is 12.5. The van der Waals surface area contributed by atoms with Crippen LogP contribution >= 0.6 is 11.6 Å². The molecule has 1 nitrogen and oxygen atoms in total. The van der Waals surface area contributed by atoms with Crippen LogP contribution in [0.1, 0.15) is 42.4 Å². The fourth-order valence-corrected chi connectivity index (χ4v) is 3.55. The molecule has 0 radical (unpaired) electrons. The number of benzene rings is 2. The molecule has 0 aromatic heterocycles. The van der Waals surface area contributed by atoms with E-state index in [4.69, 9.17) is 17.3 Å². The van der Waals surface area contributed by atoms with Crippen molar-refractivity contribution in [3.63, 3.8) is 0 Å². The number of hydrogen-bond donors (Lipinski definition) is 1. The van der Waals surface area contributed by atoms with Crippen LogP contribution in [0, 0.1) is 0 Å². The fourth-order valence-electron chi connectivity index (χ4n) is 3.34. The number of hydrogen-bond acceptors (Lipinski definition) is 1. The zero-order valence-electron chi connectivity index (χ0n) is 11.8. The molecule has 2 N–H and O–H groups in total. The molecule has 0 heterocycles. The van der Waals surface area contributed by atoms with Gasteiger partial charge in [0.05, 0.1) is 0 Å². The van der Waals surface area contributed by atoms with E-state index in [1.165, 1.54) is 16.7 Å². The predicted molar refractivity (Wildman–Crippen MR) is 85.1 cm³/mol. The van der Waals surface area contributed by atoms with Gasteiger partial charge in [-0.1, -0.05) is 54.9 Å². The Kier molecular flexibility index (Phi) is 3.57. The van der Waals surface area contributed by atoms with E-state index in [0.717, 1.165) is 24.3 Å². The van der Waals surface area contributed by atoms with Crippen molar-refractivity contribution in [3.8, 4) is 0 Å². The van der Waals surface area contributed by atoms with Crippen molar-refractivity contribution in [3.05, 3.63) is 70.2 Å². The normalized spacial score (nSPS) is 25.2. The predicted octanol–water partition coefficient (Wildman–Crippen LogP) is 4.63. The van der Waals surface area contributed by atoms with Crippen molar-refractivity contribution in [1.82, 2.24) is 0 Å². The third-order valence-corrected chi connectivity index (χ3v) is 4.70. The Hall–Kier alpha value is -1.31. The van der Waals surface area contributed by atoms with E-state index < -0.39 is 0 Å². The maximum Gasteiger partial charge on any atom is 0.0453 e. The molecule has 20 heavy (non-hydrogen) atoms. The maximum absolute atomic E-state index is 6.77. The van der Waals surface area contributed by atoms with Gasteiger partial charge in [0.25, 0.3) is 0 Å². The summed E-state index contributed by atoms with van der Waals surface area (Å²) in [5.74, 6) is 0.599. The first kappa shape index (κ1) is 13.7. The van der Waals surface area contributed by atoms with Crippen LogP contribution in [-0.4, -0.2) is 0 Å². The van der Waals surface area contributed by atoms with Gasteiger partial charge in [-0.15, -0.1) is 0 Å². The van der Waals surface area contributed by atoms with Gasteiger partial charge in [-0.05, 0) is 54.0 Å². The van der Waals surface area contributed by atoms with Gasteiger partial charge in [0.2, 0.25) is 0 Å². The van der Waals surface area contributed by atoms with E-state index in [1.807, 2.05) is 18.2 Å². The van der Waals surface area contributed by atoms with Crippen molar-refractivity contribution < 1.29 is 0 Å². The average Bonchev–Trinajstić information content (AvgIpc) is 2.44. The SMILES string of the molecule is CC1CCC(N)(Cc2cccc(Cl)c2)c2ccccc21. The number of halogens is 1. The van der Waals surface area contributed by atoms with Crippen LogP contribution in [-0.2, 0) is 12.0 Å². The molecule has 2 atom stereocenters. The number of rotatable bonds is 2. The molecule has 2 aromatic carbocycles. The molecule has 0 bridgehead atoms. The van der Waals surface area contributed by atoms with Gasteiger partial charge in [-0.25, -0.2) is 0 Å². The molecule has 1 aliphatic rings. The van der Waals surface area contributed by atoms with Gasteiger partial charge in [-0.3, -0.25) is 0 Å². The van der Waals surface area contributed by atoms with E-state index in [-0.39, 0.29) is 5.54 Å². The van der Waals surface area contributed by atoms with Crippen LogP contribution in [0.3, 0.4) is 0 Å². The van der Waals surface area contributed by atoms with Crippen LogP contribution in [0.5, 0.6) is 0 Å². The quantitative estimate of drug-likeness (QED) is 0.855. The minimum Gasteiger partial charge on any atom is -0.321 e. The monoisotopic (exact) mass is 285 g/mol. The first-order valence-corrected chi connectivity index (χ1v) is 7.59. The minimum absolute atomic E-state index is 0.270. The lowest BCUT2D eigenvalue weighted by molar-refractivity contribution is 0.349. The highest BCUT2D eigenvalue weighted by molar-refractivity contribution is 6.30. The number of nitrogens with two attached hydrogens (primary N) is 1. The lowest BCUT2D eigenvalue weighted by Crippen LogP contribution is -2.42. The highest BCUT2D eigenvalue weighted by Gasteiger charge is 2.35. The van der Waals surface area contributed by atoms with Crippen molar-refractivity contribution in [1.29, 1.82) is 0 Å². The topological polar surface area (TPSA) is 26.0 Å². The second-order valence-corrected chi connectivity index (χ2v) is 6.43. The van der Waals surface area contributed by atoms with Crippen molar-refractivity contribution in [2.24, 2.45) is 5.73 Å². The first-order chi connectivity index (χ1) is 9.58. The van der Waals surface area contributed by atoms with Crippen molar-refractivity contribution in [2.45, 2.75) is 37.6 Å². The average molecular weight is 286 g/mol. The van der Waals surface area contributed by atoms with Gasteiger partial charge in [0.1, 0.15) is 0 Å². The third-order valence-electron chi connectivity index (χ3n) is 4.46. The summed E-state index contributed by atoms with van der Waals surface area (Å²) in [6.45, 7) is 2.29. The highest BCUT2D eigenvalue weighted by atomic mass is 35.5. The summed E-state index contributed by atoms with van der Waals surface area (Å²) < 4.78 is 0. The summed E-state index contributed by atoms with van der Waals surface area (Å²) in [5.41, 5.74) is 10.4. The smallest absolute Gasteiger partial charge is 0.0453 e. The molecule has 2 heteroatoms. The highest BCUT2D eigenvalue weighted by Crippen LogP contribution is 2.41. The van der Waals surface area contributed by atoms with Gasteiger partial charge in [0, 0.05) is 10.6 Å². The van der Waals surface area contributed by atoms with Gasteiger partial charge >= 0.3 is 0 Å². The maximum atomic E-state index is 6.77. The van der Waals surface area contributed by atoms with Crippen LogP contribution in [0.2, 0.25) is 5.02 Å². The van der Waals surface area contributed by atoms with Gasteiger partial charge in [0.15, 0.2) is 0 Å². The summed E-state index contributed by atoms with van der Waals surface area (Å²) in [6, 6.07) is 16.7. The van der Waals surface area contributed by atoms with Gasteiger partial charge in [-0.2, -0.15) is 0 Å². The molecule has 0 saturated carbocycles. The van der Waals surface area contributed by atoms with Crippen LogP contribution in [0.15, 0.2) is 48.5 Å². The Labute approximate surface area is 125 Å². The standard InChI is InChI=1S/C18H20ClN/c1-13-9-10-18(20,17-8-3-2-7-16(13)17)12-14-5-4-6-15(19)11-14/h2-8,11,13H,9-10,12,20H2,1H3. The Morgan fingerprint density at radius 3 is 2.80 bits per heavy atom. The summed E-state index contributed by atoms with van der Waals surface area (Å²) in [5, 5.41) is 0.781. The molecule has 1 aliphatic carbocycles. The lowest BCUT2D eigenvalue weighted by atomic mass is 9.70. The minimum atomic E-state index is -0.270. The molecule has 2 unspecified atom stereocenters.